The van der Waals surface area contributed by atoms with E-state index in [1.54, 1.807) is 12.3 Å². The summed E-state index contributed by atoms with van der Waals surface area (Å²) < 4.78 is 5.23. The third kappa shape index (κ3) is 4.60. The smallest absolute Gasteiger partial charge is 0.306 e. The highest BCUT2D eigenvalue weighted by atomic mass is 16.4. The first-order valence-electron chi connectivity index (χ1n) is 7.35. The summed E-state index contributed by atoms with van der Waals surface area (Å²) in [7, 11) is 0. The molecular weight excluding hydrogens is 272 g/mol. The second-order valence-electron chi connectivity index (χ2n) is 5.57. The zero-order valence-electron chi connectivity index (χ0n) is 12.2. The molecule has 1 aromatic heterocycles. The molecule has 1 atom stereocenters. The summed E-state index contributed by atoms with van der Waals surface area (Å²) in [4.78, 5) is 22.7. The molecule has 116 valence electrons. The van der Waals surface area contributed by atoms with Gasteiger partial charge in [-0.05, 0) is 44.7 Å². The number of hydrogen-bond acceptors (Lipinski definition) is 4. The van der Waals surface area contributed by atoms with Gasteiger partial charge in [-0.3, -0.25) is 9.59 Å². The van der Waals surface area contributed by atoms with Crippen LogP contribution in [0.1, 0.15) is 44.4 Å². The maximum atomic E-state index is 11.9. The van der Waals surface area contributed by atoms with E-state index in [0.717, 1.165) is 18.6 Å². The van der Waals surface area contributed by atoms with Crippen molar-refractivity contribution < 1.29 is 19.1 Å². The molecule has 2 rings (SSSR count). The predicted octanol–water partition coefficient (Wildman–Crippen LogP) is 1.69. The summed E-state index contributed by atoms with van der Waals surface area (Å²) >= 11 is 0. The minimum atomic E-state index is -0.710. The monoisotopic (exact) mass is 294 g/mol. The normalized spacial score (nSPS) is 23.5. The van der Waals surface area contributed by atoms with E-state index in [0.29, 0.717) is 12.8 Å². The Morgan fingerprint density at radius 2 is 2.10 bits per heavy atom. The molecule has 0 aliphatic heterocycles. The molecule has 6 nitrogen and oxygen atoms in total. The van der Waals surface area contributed by atoms with Crippen LogP contribution in [0.2, 0.25) is 0 Å². The number of hydrogen-bond donors (Lipinski definition) is 3. The van der Waals surface area contributed by atoms with Gasteiger partial charge >= 0.3 is 5.97 Å². The molecular formula is C15H22N2O4. The van der Waals surface area contributed by atoms with Crippen LogP contribution in [-0.4, -0.2) is 29.6 Å². The van der Waals surface area contributed by atoms with Gasteiger partial charge in [0.05, 0.1) is 24.8 Å². The van der Waals surface area contributed by atoms with E-state index in [9.17, 15) is 9.59 Å². The van der Waals surface area contributed by atoms with E-state index < -0.39 is 5.97 Å². The Balaban J connectivity index is 1.67. The highest BCUT2D eigenvalue weighted by molar-refractivity contribution is 5.78. The molecule has 1 aliphatic rings. The lowest BCUT2D eigenvalue weighted by atomic mass is 9.86. The van der Waals surface area contributed by atoms with Gasteiger partial charge in [-0.2, -0.15) is 0 Å². The van der Waals surface area contributed by atoms with Gasteiger partial charge in [-0.1, -0.05) is 0 Å². The van der Waals surface area contributed by atoms with Crippen molar-refractivity contribution in [2.75, 3.05) is 6.54 Å². The average molecular weight is 294 g/mol. The van der Waals surface area contributed by atoms with E-state index >= 15 is 0 Å². The highest BCUT2D eigenvalue weighted by Crippen LogP contribution is 2.24. The van der Waals surface area contributed by atoms with Crippen molar-refractivity contribution >= 4 is 11.9 Å². The molecule has 1 unspecified atom stereocenters. The summed E-state index contributed by atoms with van der Waals surface area (Å²) in [6.45, 7) is 2.11. The molecule has 0 aromatic carbocycles. The lowest BCUT2D eigenvalue weighted by molar-refractivity contribution is -0.143. The molecule has 0 radical (unpaired) electrons. The number of aliphatic carboxylic acids is 1. The number of amides is 1. The lowest BCUT2D eigenvalue weighted by Gasteiger charge is -2.26. The van der Waals surface area contributed by atoms with Crippen LogP contribution in [-0.2, 0) is 9.59 Å². The number of carboxylic acids is 1. The maximum Gasteiger partial charge on any atom is 0.306 e. The summed E-state index contributed by atoms with van der Waals surface area (Å²) in [5, 5.41) is 15.0. The van der Waals surface area contributed by atoms with Crippen molar-refractivity contribution in [3.63, 3.8) is 0 Å². The fraction of sp³-hybridized carbons (Fsp3) is 0.600. The molecule has 1 fully saturated rings. The molecule has 1 aliphatic carbocycles. The predicted molar refractivity (Wildman–Crippen MR) is 76.7 cm³/mol. The molecule has 0 saturated heterocycles. The van der Waals surface area contributed by atoms with E-state index in [-0.39, 0.29) is 30.5 Å². The van der Waals surface area contributed by atoms with Crippen molar-refractivity contribution in [2.24, 2.45) is 5.92 Å². The summed E-state index contributed by atoms with van der Waals surface area (Å²) in [5.74, 6) is -0.293. The van der Waals surface area contributed by atoms with E-state index in [4.69, 9.17) is 9.52 Å². The zero-order chi connectivity index (χ0) is 15.2. The fourth-order valence-electron chi connectivity index (χ4n) is 2.68. The number of rotatable bonds is 6. The van der Waals surface area contributed by atoms with Crippen LogP contribution >= 0.6 is 0 Å². The highest BCUT2D eigenvalue weighted by Gasteiger charge is 2.25. The van der Waals surface area contributed by atoms with Gasteiger partial charge in [0.25, 0.3) is 0 Å². The van der Waals surface area contributed by atoms with Crippen molar-refractivity contribution in [3.8, 4) is 0 Å². The van der Waals surface area contributed by atoms with Crippen LogP contribution in [0.25, 0.3) is 0 Å². The minimum absolute atomic E-state index is 0.0840. The van der Waals surface area contributed by atoms with Crippen LogP contribution in [0.3, 0.4) is 0 Å². The van der Waals surface area contributed by atoms with Crippen LogP contribution in [0.4, 0.5) is 0 Å². The largest absolute Gasteiger partial charge is 0.481 e. The van der Waals surface area contributed by atoms with E-state index in [2.05, 4.69) is 10.6 Å². The molecule has 1 heterocycles. The van der Waals surface area contributed by atoms with E-state index in [1.165, 1.54) is 0 Å². The Labute approximate surface area is 123 Å². The first-order chi connectivity index (χ1) is 10.1. The Hall–Kier alpha value is -1.82. The zero-order valence-corrected chi connectivity index (χ0v) is 12.2. The van der Waals surface area contributed by atoms with Gasteiger partial charge in [0.1, 0.15) is 5.76 Å². The Bertz CT molecular complexity index is 464. The molecule has 1 aromatic rings. The van der Waals surface area contributed by atoms with Crippen LogP contribution in [0.15, 0.2) is 22.8 Å². The number of furan rings is 1. The third-order valence-electron chi connectivity index (χ3n) is 3.98. The summed E-state index contributed by atoms with van der Waals surface area (Å²) in [6.07, 6.45) is 4.54. The van der Waals surface area contributed by atoms with E-state index in [1.807, 2.05) is 13.0 Å². The van der Waals surface area contributed by atoms with Gasteiger partial charge < -0.3 is 20.2 Å². The van der Waals surface area contributed by atoms with Gasteiger partial charge in [0.15, 0.2) is 0 Å². The topological polar surface area (TPSA) is 91.6 Å². The molecule has 0 spiro atoms. The SMILES string of the molecule is CC(NC(=O)CNC1CCC(C(=O)O)CC1)c1ccco1. The molecule has 0 bridgehead atoms. The van der Waals surface area contributed by atoms with Gasteiger partial charge in [-0.15, -0.1) is 0 Å². The fourth-order valence-corrected chi connectivity index (χ4v) is 2.68. The van der Waals surface area contributed by atoms with Crippen LogP contribution in [0, 0.1) is 5.92 Å². The molecule has 3 N–H and O–H groups in total. The molecule has 1 saturated carbocycles. The number of carboxylic acid groups (broad SMARTS) is 1. The first kappa shape index (κ1) is 15.6. The number of carbonyl (C=O) groups excluding carboxylic acids is 1. The molecule has 1 amide bonds. The molecule has 21 heavy (non-hydrogen) atoms. The number of carbonyl (C=O) groups is 2. The number of nitrogens with one attached hydrogen (secondary N) is 2. The Morgan fingerprint density at radius 3 is 2.67 bits per heavy atom. The van der Waals surface area contributed by atoms with Crippen LogP contribution < -0.4 is 10.6 Å². The minimum Gasteiger partial charge on any atom is -0.481 e. The van der Waals surface area contributed by atoms with Crippen LogP contribution in [0.5, 0.6) is 0 Å². The standard InChI is InChI=1S/C15H22N2O4/c1-10(13-3-2-8-21-13)17-14(18)9-16-12-6-4-11(5-7-12)15(19)20/h2-3,8,10-12,16H,4-7,9H2,1H3,(H,17,18)(H,19,20). The quantitative estimate of drug-likeness (QED) is 0.742. The van der Waals surface area contributed by atoms with Gasteiger partial charge in [0.2, 0.25) is 5.91 Å². The van der Waals surface area contributed by atoms with Crippen molar-refractivity contribution in [1.82, 2.24) is 10.6 Å². The van der Waals surface area contributed by atoms with Gasteiger partial charge in [-0.25, -0.2) is 0 Å². The Morgan fingerprint density at radius 1 is 1.38 bits per heavy atom. The third-order valence-corrected chi connectivity index (χ3v) is 3.98. The van der Waals surface area contributed by atoms with Crippen molar-refractivity contribution in [2.45, 2.75) is 44.7 Å². The molecule has 6 heteroatoms. The summed E-state index contributed by atoms with van der Waals surface area (Å²) in [5.41, 5.74) is 0. The maximum absolute atomic E-state index is 11.9. The lowest BCUT2D eigenvalue weighted by Crippen LogP contribution is -2.42. The second kappa shape index (κ2) is 7.26. The Kier molecular flexibility index (Phi) is 5.38. The second-order valence-corrected chi connectivity index (χ2v) is 5.57. The average Bonchev–Trinajstić information content (AvgIpc) is 3.00. The van der Waals surface area contributed by atoms with Crippen molar-refractivity contribution in [1.29, 1.82) is 0 Å². The van der Waals surface area contributed by atoms with Gasteiger partial charge in [0, 0.05) is 6.04 Å². The summed E-state index contributed by atoms with van der Waals surface area (Å²) in [6, 6.07) is 3.69. The first-order valence-corrected chi connectivity index (χ1v) is 7.35. The van der Waals surface area contributed by atoms with Crippen molar-refractivity contribution in [3.05, 3.63) is 24.2 Å².